The van der Waals surface area contributed by atoms with Crippen LogP contribution in [0.5, 0.6) is 5.75 Å². The van der Waals surface area contributed by atoms with Gasteiger partial charge in [-0.15, -0.1) is 0 Å². The molecule has 28 heavy (non-hydrogen) atoms. The number of hydrogen-bond donors (Lipinski definition) is 1. The molecular weight excluding hydrogens is 491 g/mol. The van der Waals surface area contributed by atoms with Crippen LogP contribution in [0.3, 0.4) is 0 Å². The second kappa shape index (κ2) is 11.3. The van der Waals surface area contributed by atoms with Gasteiger partial charge in [0.25, 0.3) is 5.91 Å². The van der Waals surface area contributed by atoms with E-state index in [0.29, 0.717) is 30.3 Å². The minimum Gasteiger partial charge on any atom is -0.484 e. The average molecular weight is 515 g/mol. The minimum absolute atomic E-state index is 0.135. The number of amides is 2. The maximum Gasteiger partial charge on any atom is 0.261 e. The molecule has 2 amide bonds. The first kappa shape index (κ1) is 22.5. The number of carbonyl (C=O) groups excluding carboxylic acids is 2. The summed E-state index contributed by atoms with van der Waals surface area (Å²) in [4.78, 5) is 27.0. The molecule has 0 heterocycles. The van der Waals surface area contributed by atoms with E-state index in [0.717, 1.165) is 9.13 Å². The number of nitrogens with zero attached hydrogens (tertiary/aromatic N) is 1. The lowest BCUT2D eigenvalue weighted by Crippen LogP contribution is -2.50. The molecule has 0 aliphatic carbocycles. The van der Waals surface area contributed by atoms with Gasteiger partial charge in [0.15, 0.2) is 6.61 Å². The number of carbonyl (C=O) groups is 2. The van der Waals surface area contributed by atoms with Crippen molar-refractivity contribution in [1.82, 2.24) is 10.2 Å². The van der Waals surface area contributed by atoms with E-state index in [1.807, 2.05) is 50.2 Å². The van der Waals surface area contributed by atoms with Crippen molar-refractivity contribution in [1.29, 1.82) is 0 Å². The largest absolute Gasteiger partial charge is 0.484 e. The molecule has 0 saturated heterocycles. The van der Waals surface area contributed by atoms with E-state index in [-0.39, 0.29) is 18.4 Å². The van der Waals surface area contributed by atoms with Crippen LogP contribution in [0, 0.1) is 3.57 Å². The fourth-order valence-corrected chi connectivity index (χ4v) is 3.24. The van der Waals surface area contributed by atoms with E-state index >= 15 is 0 Å². The molecule has 150 valence electrons. The van der Waals surface area contributed by atoms with E-state index in [1.54, 1.807) is 17.0 Å². The minimum atomic E-state index is -0.566. The molecule has 0 bridgehead atoms. The Morgan fingerprint density at radius 3 is 2.32 bits per heavy atom. The number of rotatable bonds is 9. The zero-order valence-electron chi connectivity index (χ0n) is 16.0. The van der Waals surface area contributed by atoms with Crippen molar-refractivity contribution in [3.8, 4) is 5.75 Å². The van der Waals surface area contributed by atoms with Gasteiger partial charge >= 0.3 is 0 Å². The summed E-state index contributed by atoms with van der Waals surface area (Å²) < 4.78 is 6.73. The summed E-state index contributed by atoms with van der Waals surface area (Å²) in [5.74, 6) is 0.208. The standard InChI is InChI=1S/C21H24ClIN2O3/c1-3-19(21(27)24-4-2)25(13-15-5-7-16(22)8-6-15)20(26)14-28-18-11-9-17(23)10-12-18/h5-12,19H,3-4,13-14H2,1-2H3,(H,24,27)/t19-/m1/s1. The Kier molecular flexibility index (Phi) is 9.05. The normalized spacial score (nSPS) is 11.6. The zero-order chi connectivity index (χ0) is 20.5. The third-order valence-electron chi connectivity index (χ3n) is 4.18. The zero-order valence-corrected chi connectivity index (χ0v) is 18.9. The molecule has 1 N–H and O–H groups in total. The molecule has 0 radical (unpaired) electrons. The maximum atomic E-state index is 13.0. The van der Waals surface area contributed by atoms with Gasteiger partial charge in [0.05, 0.1) is 0 Å². The third-order valence-corrected chi connectivity index (χ3v) is 5.15. The first-order valence-corrected chi connectivity index (χ1v) is 10.6. The molecule has 0 spiro atoms. The monoisotopic (exact) mass is 514 g/mol. The Morgan fingerprint density at radius 2 is 1.75 bits per heavy atom. The first-order chi connectivity index (χ1) is 13.4. The van der Waals surface area contributed by atoms with Crippen LogP contribution in [0.25, 0.3) is 0 Å². The summed E-state index contributed by atoms with van der Waals surface area (Å²) in [5.41, 5.74) is 0.898. The number of benzene rings is 2. The molecule has 2 rings (SSSR count). The van der Waals surface area contributed by atoms with Crippen LogP contribution in [0.4, 0.5) is 0 Å². The van der Waals surface area contributed by atoms with Crippen LogP contribution in [0.2, 0.25) is 5.02 Å². The lowest BCUT2D eigenvalue weighted by atomic mass is 10.1. The molecule has 2 aromatic carbocycles. The highest BCUT2D eigenvalue weighted by atomic mass is 127. The summed E-state index contributed by atoms with van der Waals surface area (Å²) in [6.45, 7) is 4.43. The number of nitrogens with one attached hydrogen (secondary N) is 1. The van der Waals surface area contributed by atoms with Crippen molar-refractivity contribution in [3.05, 3.63) is 62.7 Å². The fourth-order valence-electron chi connectivity index (χ4n) is 2.76. The smallest absolute Gasteiger partial charge is 0.261 e. The molecule has 0 fully saturated rings. The second-order valence-corrected chi connectivity index (χ2v) is 7.89. The van der Waals surface area contributed by atoms with Crippen LogP contribution >= 0.6 is 34.2 Å². The number of hydrogen-bond acceptors (Lipinski definition) is 3. The fraction of sp³-hybridized carbons (Fsp3) is 0.333. The lowest BCUT2D eigenvalue weighted by molar-refractivity contribution is -0.142. The van der Waals surface area contributed by atoms with E-state index in [1.165, 1.54) is 0 Å². The highest BCUT2D eigenvalue weighted by Crippen LogP contribution is 2.17. The van der Waals surface area contributed by atoms with Crippen LogP contribution in [-0.4, -0.2) is 35.9 Å². The Labute approximate surface area is 184 Å². The highest BCUT2D eigenvalue weighted by molar-refractivity contribution is 14.1. The van der Waals surface area contributed by atoms with Crippen LogP contribution in [0.1, 0.15) is 25.8 Å². The molecule has 0 aromatic heterocycles. The quantitative estimate of drug-likeness (QED) is 0.509. The molecular formula is C21H24ClIN2O3. The van der Waals surface area contributed by atoms with Crippen molar-refractivity contribution in [2.24, 2.45) is 0 Å². The Balaban J connectivity index is 2.16. The molecule has 0 aliphatic heterocycles. The second-order valence-electron chi connectivity index (χ2n) is 6.21. The Hall–Kier alpha value is -1.80. The number of halogens is 2. The van der Waals surface area contributed by atoms with Gasteiger partial charge in [-0.2, -0.15) is 0 Å². The predicted octanol–water partition coefficient (Wildman–Crippen LogP) is 4.27. The van der Waals surface area contributed by atoms with Gasteiger partial charge in [-0.25, -0.2) is 0 Å². The van der Waals surface area contributed by atoms with E-state index in [2.05, 4.69) is 27.9 Å². The van der Waals surface area contributed by atoms with Crippen LogP contribution < -0.4 is 10.1 Å². The highest BCUT2D eigenvalue weighted by Gasteiger charge is 2.28. The molecule has 0 aliphatic rings. The van der Waals surface area contributed by atoms with Crippen LogP contribution in [-0.2, 0) is 16.1 Å². The third kappa shape index (κ3) is 6.67. The summed E-state index contributed by atoms with van der Waals surface area (Å²) >= 11 is 8.16. The van der Waals surface area contributed by atoms with E-state index in [9.17, 15) is 9.59 Å². The SMILES string of the molecule is CCNC(=O)[C@@H](CC)N(Cc1ccc(Cl)cc1)C(=O)COc1ccc(I)cc1. The number of likely N-dealkylation sites (N-methyl/N-ethyl adjacent to an activating group) is 1. The molecule has 7 heteroatoms. The van der Waals surface area contributed by atoms with Gasteiger partial charge in [-0.05, 0) is 77.9 Å². The Bertz CT molecular complexity index is 781. The molecule has 2 aromatic rings. The Morgan fingerprint density at radius 1 is 1.11 bits per heavy atom. The van der Waals surface area contributed by atoms with Gasteiger partial charge in [0, 0.05) is 21.7 Å². The average Bonchev–Trinajstić information content (AvgIpc) is 2.69. The van der Waals surface area contributed by atoms with E-state index < -0.39 is 6.04 Å². The maximum absolute atomic E-state index is 13.0. The van der Waals surface area contributed by atoms with Gasteiger partial charge in [0.2, 0.25) is 5.91 Å². The summed E-state index contributed by atoms with van der Waals surface area (Å²) in [5, 5.41) is 3.44. The lowest BCUT2D eigenvalue weighted by Gasteiger charge is -2.30. The van der Waals surface area contributed by atoms with Gasteiger partial charge < -0.3 is 15.0 Å². The molecule has 0 saturated carbocycles. The van der Waals surface area contributed by atoms with Crippen molar-refractivity contribution >= 4 is 46.0 Å². The van der Waals surface area contributed by atoms with Crippen LogP contribution in [0.15, 0.2) is 48.5 Å². The van der Waals surface area contributed by atoms with Gasteiger partial charge in [0.1, 0.15) is 11.8 Å². The summed E-state index contributed by atoms with van der Waals surface area (Å²) in [6.07, 6.45) is 0.509. The van der Waals surface area contributed by atoms with E-state index in [4.69, 9.17) is 16.3 Å². The summed E-state index contributed by atoms with van der Waals surface area (Å²) in [7, 11) is 0. The summed E-state index contributed by atoms with van der Waals surface area (Å²) in [6, 6.07) is 14.1. The molecule has 1 atom stereocenters. The molecule has 5 nitrogen and oxygen atoms in total. The predicted molar refractivity (Wildman–Crippen MR) is 119 cm³/mol. The molecule has 0 unspecified atom stereocenters. The van der Waals surface area contributed by atoms with Crippen molar-refractivity contribution in [2.75, 3.05) is 13.2 Å². The first-order valence-electron chi connectivity index (χ1n) is 9.14. The number of ether oxygens (including phenoxy) is 1. The van der Waals surface area contributed by atoms with Crippen molar-refractivity contribution in [3.63, 3.8) is 0 Å². The van der Waals surface area contributed by atoms with Gasteiger partial charge in [-0.3, -0.25) is 9.59 Å². The van der Waals surface area contributed by atoms with Crippen molar-refractivity contribution in [2.45, 2.75) is 32.9 Å². The van der Waals surface area contributed by atoms with Crippen molar-refractivity contribution < 1.29 is 14.3 Å². The van der Waals surface area contributed by atoms with Gasteiger partial charge in [-0.1, -0.05) is 30.7 Å². The topological polar surface area (TPSA) is 58.6 Å².